The van der Waals surface area contributed by atoms with Crippen molar-refractivity contribution in [3.05, 3.63) is 27.7 Å². The lowest BCUT2D eigenvalue weighted by Crippen LogP contribution is -2.41. The van der Waals surface area contributed by atoms with Crippen molar-refractivity contribution >= 4 is 39.2 Å². The lowest BCUT2D eigenvalue weighted by atomic mass is 10.3. The first-order chi connectivity index (χ1) is 8.45. The van der Waals surface area contributed by atoms with Crippen LogP contribution in [0.2, 0.25) is 5.02 Å². The van der Waals surface area contributed by atoms with Gasteiger partial charge in [0.05, 0.1) is 11.6 Å². The summed E-state index contributed by atoms with van der Waals surface area (Å²) in [6, 6.07) is 4.94. The van der Waals surface area contributed by atoms with E-state index in [9.17, 15) is 4.79 Å². The third-order valence-corrected chi connectivity index (χ3v) is 3.61. The standard InChI is InChI=1S/C12H16BrClN2O2/c1-8(2)16(5-6-17)12(18)15-9-3-4-11(14)10(13)7-9/h3-4,7-8,17H,5-6H2,1-2H3,(H,15,18). The number of carbonyl (C=O) groups excluding carboxylic acids is 1. The average Bonchev–Trinajstić information content (AvgIpc) is 2.30. The highest BCUT2D eigenvalue weighted by Crippen LogP contribution is 2.25. The Labute approximate surface area is 120 Å². The summed E-state index contributed by atoms with van der Waals surface area (Å²) in [7, 11) is 0. The van der Waals surface area contributed by atoms with Crippen molar-refractivity contribution in [3.63, 3.8) is 0 Å². The monoisotopic (exact) mass is 334 g/mol. The molecular weight excluding hydrogens is 320 g/mol. The van der Waals surface area contributed by atoms with Gasteiger partial charge in [-0.1, -0.05) is 11.6 Å². The van der Waals surface area contributed by atoms with Crippen molar-refractivity contribution in [1.82, 2.24) is 4.90 Å². The topological polar surface area (TPSA) is 52.6 Å². The van der Waals surface area contributed by atoms with E-state index in [-0.39, 0.29) is 18.7 Å². The van der Waals surface area contributed by atoms with Crippen LogP contribution in [-0.4, -0.2) is 35.2 Å². The molecule has 100 valence electrons. The van der Waals surface area contributed by atoms with Crippen molar-refractivity contribution in [2.24, 2.45) is 0 Å². The van der Waals surface area contributed by atoms with E-state index in [1.807, 2.05) is 13.8 Å². The van der Waals surface area contributed by atoms with Crippen LogP contribution in [0.15, 0.2) is 22.7 Å². The summed E-state index contributed by atoms with van der Waals surface area (Å²) in [5.74, 6) is 0. The highest BCUT2D eigenvalue weighted by Gasteiger charge is 2.16. The van der Waals surface area contributed by atoms with E-state index in [2.05, 4.69) is 21.2 Å². The van der Waals surface area contributed by atoms with Crippen LogP contribution in [-0.2, 0) is 0 Å². The molecule has 18 heavy (non-hydrogen) atoms. The molecule has 1 rings (SSSR count). The van der Waals surface area contributed by atoms with Gasteiger partial charge >= 0.3 is 6.03 Å². The lowest BCUT2D eigenvalue weighted by Gasteiger charge is -2.26. The molecule has 2 amide bonds. The van der Waals surface area contributed by atoms with Crippen molar-refractivity contribution in [3.8, 4) is 0 Å². The van der Waals surface area contributed by atoms with E-state index in [1.165, 1.54) is 0 Å². The number of hydrogen-bond donors (Lipinski definition) is 2. The number of nitrogens with zero attached hydrogens (tertiary/aromatic N) is 1. The summed E-state index contributed by atoms with van der Waals surface area (Å²) in [6.07, 6.45) is 0. The molecule has 0 fully saturated rings. The summed E-state index contributed by atoms with van der Waals surface area (Å²) in [5, 5.41) is 12.3. The number of carbonyl (C=O) groups is 1. The Balaban J connectivity index is 2.76. The highest BCUT2D eigenvalue weighted by atomic mass is 79.9. The van der Waals surface area contributed by atoms with Crippen molar-refractivity contribution in [2.45, 2.75) is 19.9 Å². The minimum Gasteiger partial charge on any atom is -0.395 e. The van der Waals surface area contributed by atoms with Crippen LogP contribution < -0.4 is 5.32 Å². The summed E-state index contributed by atoms with van der Waals surface area (Å²) in [5.41, 5.74) is 0.653. The second kappa shape index (κ2) is 6.97. The molecular formula is C12H16BrClN2O2. The van der Waals surface area contributed by atoms with Gasteiger partial charge < -0.3 is 15.3 Å². The van der Waals surface area contributed by atoms with Gasteiger partial charge in [-0.25, -0.2) is 4.79 Å². The Morgan fingerprint density at radius 2 is 2.22 bits per heavy atom. The first-order valence-corrected chi connectivity index (χ1v) is 6.76. The Hall–Kier alpha value is -0.780. The lowest BCUT2D eigenvalue weighted by molar-refractivity contribution is 0.172. The van der Waals surface area contributed by atoms with Crippen LogP contribution in [0.1, 0.15) is 13.8 Å². The minimum absolute atomic E-state index is 0.0212. The molecule has 0 aliphatic heterocycles. The number of amides is 2. The smallest absolute Gasteiger partial charge is 0.322 e. The molecule has 0 aromatic heterocycles. The third-order valence-electron chi connectivity index (χ3n) is 2.40. The predicted molar refractivity (Wildman–Crippen MR) is 77.1 cm³/mol. The van der Waals surface area contributed by atoms with Crippen molar-refractivity contribution in [2.75, 3.05) is 18.5 Å². The Bertz CT molecular complexity index is 427. The average molecular weight is 336 g/mol. The van der Waals surface area contributed by atoms with Gasteiger partial charge in [0.1, 0.15) is 0 Å². The van der Waals surface area contributed by atoms with Gasteiger partial charge in [0.15, 0.2) is 0 Å². The van der Waals surface area contributed by atoms with Crippen LogP contribution in [0.4, 0.5) is 10.5 Å². The fourth-order valence-corrected chi connectivity index (χ4v) is 1.97. The van der Waals surface area contributed by atoms with E-state index in [0.29, 0.717) is 17.3 Å². The number of aliphatic hydroxyl groups is 1. The van der Waals surface area contributed by atoms with Crippen molar-refractivity contribution in [1.29, 1.82) is 0 Å². The first-order valence-electron chi connectivity index (χ1n) is 5.59. The molecule has 0 saturated carbocycles. The van der Waals surface area contributed by atoms with Gasteiger partial charge in [0.2, 0.25) is 0 Å². The van der Waals surface area contributed by atoms with Crippen molar-refractivity contribution < 1.29 is 9.90 Å². The number of anilines is 1. The quantitative estimate of drug-likeness (QED) is 0.886. The molecule has 1 aromatic carbocycles. The number of nitrogens with one attached hydrogen (secondary N) is 1. The molecule has 0 bridgehead atoms. The summed E-state index contributed by atoms with van der Waals surface area (Å²) in [4.78, 5) is 13.6. The van der Waals surface area contributed by atoms with Gasteiger partial charge in [0, 0.05) is 22.7 Å². The molecule has 2 N–H and O–H groups in total. The number of hydrogen-bond acceptors (Lipinski definition) is 2. The normalized spacial score (nSPS) is 10.6. The van der Waals surface area contributed by atoms with Crippen LogP contribution >= 0.6 is 27.5 Å². The van der Waals surface area contributed by atoms with Gasteiger partial charge in [-0.15, -0.1) is 0 Å². The molecule has 1 aromatic rings. The van der Waals surface area contributed by atoms with Crippen LogP contribution in [0.25, 0.3) is 0 Å². The molecule has 4 nitrogen and oxygen atoms in total. The second-order valence-electron chi connectivity index (χ2n) is 4.07. The number of urea groups is 1. The zero-order valence-corrected chi connectivity index (χ0v) is 12.6. The van der Waals surface area contributed by atoms with Gasteiger partial charge in [-0.3, -0.25) is 0 Å². The molecule has 0 spiro atoms. The van der Waals surface area contributed by atoms with E-state index < -0.39 is 0 Å². The fraction of sp³-hybridized carbons (Fsp3) is 0.417. The van der Waals surface area contributed by atoms with E-state index in [1.54, 1.807) is 23.1 Å². The maximum Gasteiger partial charge on any atom is 0.322 e. The predicted octanol–water partition coefficient (Wildman–Crippen LogP) is 3.34. The number of aliphatic hydroxyl groups excluding tert-OH is 1. The van der Waals surface area contributed by atoms with E-state index in [0.717, 1.165) is 4.47 Å². The van der Waals surface area contributed by atoms with Gasteiger partial charge in [-0.05, 0) is 48.0 Å². The molecule has 0 aliphatic carbocycles. The SMILES string of the molecule is CC(C)N(CCO)C(=O)Nc1ccc(Cl)c(Br)c1. The zero-order valence-electron chi connectivity index (χ0n) is 10.3. The molecule has 0 radical (unpaired) electrons. The second-order valence-corrected chi connectivity index (χ2v) is 5.33. The summed E-state index contributed by atoms with van der Waals surface area (Å²) < 4.78 is 0.722. The molecule has 0 atom stereocenters. The highest BCUT2D eigenvalue weighted by molar-refractivity contribution is 9.10. The van der Waals surface area contributed by atoms with E-state index in [4.69, 9.17) is 16.7 Å². The van der Waals surface area contributed by atoms with Crippen LogP contribution in [0, 0.1) is 0 Å². The summed E-state index contributed by atoms with van der Waals surface area (Å²) >= 11 is 9.17. The Kier molecular flexibility index (Phi) is 5.91. The number of rotatable bonds is 4. The maximum absolute atomic E-state index is 12.0. The van der Waals surface area contributed by atoms with Crippen LogP contribution in [0.5, 0.6) is 0 Å². The summed E-state index contributed by atoms with van der Waals surface area (Å²) in [6.45, 7) is 4.04. The molecule has 6 heteroatoms. The van der Waals surface area contributed by atoms with Gasteiger partial charge in [-0.2, -0.15) is 0 Å². The molecule has 0 heterocycles. The Morgan fingerprint density at radius 1 is 1.56 bits per heavy atom. The maximum atomic E-state index is 12.0. The largest absolute Gasteiger partial charge is 0.395 e. The van der Waals surface area contributed by atoms with E-state index >= 15 is 0 Å². The molecule has 0 aliphatic rings. The first kappa shape index (κ1) is 15.3. The minimum atomic E-state index is -0.242. The van der Waals surface area contributed by atoms with Crippen LogP contribution in [0.3, 0.4) is 0 Å². The van der Waals surface area contributed by atoms with Gasteiger partial charge in [0.25, 0.3) is 0 Å². The zero-order chi connectivity index (χ0) is 13.7. The fourth-order valence-electron chi connectivity index (χ4n) is 1.47. The molecule has 0 unspecified atom stereocenters. The third kappa shape index (κ3) is 4.15. The number of halogens is 2. The molecule has 0 saturated heterocycles. The number of benzene rings is 1. The Morgan fingerprint density at radius 3 is 2.72 bits per heavy atom.